The van der Waals surface area contributed by atoms with Gasteiger partial charge in [-0.3, -0.25) is 28.3 Å². The number of halogens is 2. The number of ketones is 2. The topological polar surface area (TPSA) is 283 Å². The lowest BCUT2D eigenvalue weighted by Crippen LogP contribution is -2.53. The molecule has 0 amide bonds. The van der Waals surface area contributed by atoms with Crippen LogP contribution in [0.15, 0.2) is 80.4 Å². The number of nitrogens with zero attached hydrogens (tertiary/aromatic N) is 10. The number of benzene rings is 2. The van der Waals surface area contributed by atoms with Gasteiger partial charge in [0.2, 0.25) is 0 Å². The number of hydrogen-bond acceptors (Lipinski definition) is 18. The zero-order valence-corrected chi connectivity index (χ0v) is 49.5. The molecule has 4 N–H and O–H groups in total. The maximum atomic E-state index is 14.3. The van der Waals surface area contributed by atoms with Gasteiger partial charge in [0.15, 0.2) is 11.6 Å². The van der Waals surface area contributed by atoms with Gasteiger partial charge in [-0.1, -0.05) is 63.9 Å². The summed E-state index contributed by atoms with van der Waals surface area (Å²) in [6.45, 7) is 17.8. The number of aliphatic hydroxyl groups is 3. The Labute approximate surface area is 485 Å². The van der Waals surface area contributed by atoms with E-state index in [0.717, 1.165) is 45.3 Å². The molecule has 0 radical (unpaired) electrons. The number of Topliss-reactive ketones (excluding diaryl/α,β-unsaturated/α-hetero) is 2. The normalized spacial score (nSPS) is 12.5. The third kappa shape index (κ3) is 13.9. The van der Waals surface area contributed by atoms with Crippen LogP contribution in [0.4, 0.5) is 8.78 Å². The summed E-state index contributed by atoms with van der Waals surface area (Å²) in [7, 11) is 1.00. The van der Waals surface area contributed by atoms with Gasteiger partial charge in [-0.05, 0) is 102 Å². The Bertz CT molecular complexity index is 3560. The molecule has 0 saturated heterocycles. The second-order valence-electron chi connectivity index (χ2n) is 21.2. The van der Waals surface area contributed by atoms with Gasteiger partial charge in [0.05, 0.1) is 75.1 Å². The molecule has 0 bridgehead atoms. The molecule has 2 aromatic carbocycles. The highest BCUT2D eigenvalue weighted by Crippen LogP contribution is 2.36. The Kier molecular flexibility index (Phi) is 22.4. The zero-order chi connectivity index (χ0) is 60.7. The van der Waals surface area contributed by atoms with E-state index in [1.165, 1.54) is 86.9 Å². The Morgan fingerprint density at radius 3 is 1.35 bits per heavy atom. The van der Waals surface area contributed by atoms with Gasteiger partial charge in [0, 0.05) is 36.6 Å². The lowest BCUT2D eigenvalue weighted by molar-refractivity contribution is -0.127. The number of fused-ring (bicyclic) bond motifs is 2. The maximum absolute atomic E-state index is 14.3. The molecule has 0 fully saturated rings. The first-order chi connectivity index (χ1) is 38.8. The van der Waals surface area contributed by atoms with E-state index >= 15 is 0 Å². The minimum Gasteiger partial charge on any atom is -0.508 e. The van der Waals surface area contributed by atoms with Gasteiger partial charge in [-0.15, -0.1) is 9.59 Å². The minimum absolute atomic E-state index is 0. The van der Waals surface area contributed by atoms with Gasteiger partial charge >= 0.3 is 11.4 Å². The highest BCUT2D eigenvalue weighted by atomic mass is 32.1. The second kappa shape index (κ2) is 27.9. The van der Waals surface area contributed by atoms with E-state index in [0.29, 0.717) is 31.5 Å². The van der Waals surface area contributed by atoms with Gasteiger partial charge in [-0.2, -0.15) is 20.4 Å². The lowest BCUT2D eigenvalue weighted by Gasteiger charge is -2.28. The van der Waals surface area contributed by atoms with Crippen molar-refractivity contribution in [2.24, 2.45) is 11.8 Å². The van der Waals surface area contributed by atoms with Gasteiger partial charge in [0.1, 0.15) is 60.3 Å². The van der Waals surface area contributed by atoms with E-state index in [1.54, 1.807) is 40.7 Å². The van der Waals surface area contributed by atoms with Gasteiger partial charge in [0.25, 0.3) is 11.1 Å². The summed E-state index contributed by atoms with van der Waals surface area (Å²) in [4.78, 5) is 86.3. The number of aromatic hydroxyl groups is 1. The Hall–Kier alpha value is -7.20. The highest BCUT2D eigenvalue weighted by molar-refractivity contribution is 7.21. The standard InChI is InChI=1S/C28H34FN5O5S.C27H32FN5O6S.CH4O.CH4/c1-16(2)13-22(36)28(5,6)33-24(37)23-18(4)25(34-30-9-10-31-34)40-26(23)32(27(33)38)15-21(39-12-11-35)20-14-19(29)8-7-17(20)3;1-15(2)12-21(36)27(4,5)32-23(37)22-16(3)24(33-29-8-9-30-33)40-25(22)31(26(32)38)14-20(39-11-10-34)18-13-17(28)6-7-19(18)35;1-2;/h7-10,14,16,21,35H,11-13,15H2,1-6H3;6-9,13,15,20,34-35H,10-12,14H2,1-5H3;2H,1H3;1H4/t21-;20-;;/m00../s1. The molecule has 6 aromatic heterocycles. The van der Waals surface area contributed by atoms with Crippen LogP contribution < -0.4 is 22.5 Å². The van der Waals surface area contributed by atoms with Crippen molar-refractivity contribution >= 4 is 54.7 Å². The smallest absolute Gasteiger partial charge is 0.333 e. The second-order valence-corrected chi connectivity index (χ2v) is 23.1. The van der Waals surface area contributed by atoms with Crippen LogP contribution in [0, 0.1) is 44.2 Å². The van der Waals surface area contributed by atoms with Crippen molar-refractivity contribution in [3.8, 4) is 15.8 Å². The fourth-order valence-electron chi connectivity index (χ4n) is 9.44. The summed E-state index contributed by atoms with van der Waals surface area (Å²) in [5.41, 5.74) is -3.24. The number of aromatic nitrogens is 10. The van der Waals surface area contributed by atoms with Crippen LogP contribution in [0.2, 0.25) is 0 Å². The number of aliphatic hydroxyl groups excluding tert-OH is 3. The SMILES string of the molecule is C.CO.Cc1c(-n2nccn2)sc2c1c(=O)n(C(C)(C)C(=O)CC(C)C)c(=O)n2C[C@H](OCCO)c1cc(F)ccc1O.Cc1ccc(F)cc1[C@H](Cn1c(=O)n(C(C)(C)C(=O)CC(C)C)c(=O)c2c(C)c(-n3nccn3)sc21)OCCO. The summed E-state index contributed by atoms with van der Waals surface area (Å²) < 4.78 is 44.9. The first-order valence-corrected chi connectivity index (χ1v) is 27.9. The number of phenols is 1. The lowest BCUT2D eigenvalue weighted by atomic mass is 9.91. The molecule has 0 saturated carbocycles. The molecular weight excluding hydrogens is 1120 g/mol. The third-order valence-corrected chi connectivity index (χ3v) is 16.2. The third-order valence-electron chi connectivity index (χ3n) is 13.7. The molecule has 0 unspecified atom stereocenters. The van der Waals surface area contributed by atoms with E-state index in [9.17, 15) is 52.9 Å². The van der Waals surface area contributed by atoms with E-state index in [-0.39, 0.29) is 110 Å². The molecule has 2 atom stereocenters. The number of phenolic OH excluding ortho intramolecular Hbond substituents is 1. The quantitative estimate of drug-likeness (QED) is 0.0533. The monoisotopic (exact) mass is 1190 g/mol. The highest BCUT2D eigenvalue weighted by Gasteiger charge is 2.38. The van der Waals surface area contributed by atoms with Crippen molar-refractivity contribution in [2.75, 3.05) is 33.5 Å². The summed E-state index contributed by atoms with van der Waals surface area (Å²) in [5, 5.41) is 54.6. The number of ether oxygens (including phenoxy) is 2. The van der Waals surface area contributed by atoms with Gasteiger partial charge < -0.3 is 29.9 Å². The van der Waals surface area contributed by atoms with Gasteiger partial charge in [-0.25, -0.2) is 27.5 Å². The van der Waals surface area contributed by atoms with Crippen LogP contribution in [0.25, 0.3) is 30.4 Å². The fourth-order valence-corrected chi connectivity index (χ4v) is 11.9. The Morgan fingerprint density at radius 2 is 0.976 bits per heavy atom. The molecule has 83 heavy (non-hydrogen) atoms. The Morgan fingerprint density at radius 1 is 0.614 bits per heavy atom. The molecule has 8 aromatic rings. The fraction of sp³-hybridized carbons (Fsp3) is 0.474. The summed E-state index contributed by atoms with van der Waals surface area (Å²) >= 11 is 2.27. The molecule has 0 aliphatic carbocycles. The van der Waals surface area contributed by atoms with Crippen LogP contribution >= 0.6 is 22.7 Å². The maximum Gasteiger partial charge on any atom is 0.333 e. The van der Waals surface area contributed by atoms with Crippen LogP contribution in [-0.4, -0.2) is 114 Å². The van der Waals surface area contributed by atoms with Crippen LogP contribution in [-0.2, 0) is 43.2 Å². The van der Waals surface area contributed by atoms with Crippen molar-refractivity contribution in [1.29, 1.82) is 0 Å². The number of hydrogen-bond donors (Lipinski definition) is 4. The minimum atomic E-state index is -1.49. The van der Waals surface area contributed by atoms with Crippen molar-refractivity contribution in [3.05, 3.63) is 142 Å². The first kappa shape index (κ1) is 66.6. The van der Waals surface area contributed by atoms with Crippen molar-refractivity contribution in [3.63, 3.8) is 0 Å². The van der Waals surface area contributed by atoms with E-state index in [1.807, 2.05) is 27.7 Å². The number of aryl methyl sites for hydroxylation is 3. The molecule has 26 heteroatoms. The zero-order valence-electron chi connectivity index (χ0n) is 47.8. The van der Waals surface area contributed by atoms with E-state index in [2.05, 4.69) is 20.4 Å². The van der Waals surface area contributed by atoms with Crippen molar-refractivity contribution in [1.82, 2.24) is 48.3 Å². The predicted molar refractivity (Wildman–Crippen MR) is 313 cm³/mol. The molecule has 0 aliphatic rings. The van der Waals surface area contributed by atoms with E-state index in [4.69, 9.17) is 14.6 Å². The molecular formula is C57H74F2N10O12S2. The molecule has 22 nitrogen and oxygen atoms in total. The largest absolute Gasteiger partial charge is 0.508 e. The van der Waals surface area contributed by atoms with Crippen molar-refractivity contribution in [2.45, 2.75) is 133 Å². The summed E-state index contributed by atoms with van der Waals surface area (Å²) in [5.74, 6) is -1.87. The number of thiophene rings is 2. The first-order valence-electron chi connectivity index (χ1n) is 26.3. The van der Waals surface area contributed by atoms with Crippen LogP contribution in [0.1, 0.15) is 116 Å². The molecule has 450 valence electrons. The van der Waals surface area contributed by atoms with Crippen LogP contribution in [0.3, 0.4) is 0 Å². The summed E-state index contributed by atoms with van der Waals surface area (Å²) in [6.07, 6.45) is 4.40. The number of carbonyl (C=O) groups excluding carboxylic acids is 2. The molecule has 0 spiro atoms. The molecule has 0 aliphatic heterocycles. The molecule has 8 rings (SSSR count). The average Bonchev–Trinajstić information content (AvgIpc) is 2.40. The summed E-state index contributed by atoms with van der Waals surface area (Å²) in [6, 6.07) is 7.63. The van der Waals surface area contributed by atoms with Crippen molar-refractivity contribution < 1.29 is 48.3 Å². The predicted octanol–water partition coefficient (Wildman–Crippen LogP) is 6.97. The van der Waals surface area contributed by atoms with Crippen LogP contribution in [0.5, 0.6) is 5.75 Å². The average molecular weight is 1190 g/mol. The molecule has 6 heterocycles. The number of carbonyl (C=O) groups is 2. The Balaban J connectivity index is 0.000000292. The number of rotatable bonds is 22. The van der Waals surface area contributed by atoms with E-state index < -0.39 is 57.4 Å².